The molecule has 2 atom stereocenters. The molecular formula is C24H30O6S2. The zero-order valence-electron chi connectivity index (χ0n) is 19.4. The molecule has 8 heteroatoms. The molecule has 4 rings (SSSR count). The second-order valence-electron chi connectivity index (χ2n) is 9.69. The third kappa shape index (κ3) is 4.15. The summed E-state index contributed by atoms with van der Waals surface area (Å²) in [6, 6.07) is 7.22. The van der Waals surface area contributed by atoms with Crippen LogP contribution in [0.3, 0.4) is 0 Å². The Morgan fingerprint density at radius 1 is 0.594 bits per heavy atom. The minimum atomic E-state index is -1.39. The normalized spacial score (nSPS) is 17.6. The summed E-state index contributed by atoms with van der Waals surface area (Å²) < 4.78 is 50.1. The van der Waals surface area contributed by atoms with Crippen LogP contribution in [0.2, 0.25) is 0 Å². The molecule has 0 bridgehead atoms. The minimum Gasteiger partial charge on any atom is -0.486 e. The maximum atomic E-state index is 13.7. The van der Waals surface area contributed by atoms with Crippen LogP contribution < -0.4 is 18.9 Å². The lowest BCUT2D eigenvalue weighted by molar-refractivity contribution is 0.169. The van der Waals surface area contributed by atoms with Crippen LogP contribution in [0.4, 0.5) is 0 Å². The van der Waals surface area contributed by atoms with E-state index in [0.29, 0.717) is 70.3 Å². The predicted molar refractivity (Wildman–Crippen MR) is 126 cm³/mol. The van der Waals surface area contributed by atoms with Gasteiger partial charge in [-0.3, -0.25) is 8.42 Å². The third-order valence-electron chi connectivity index (χ3n) is 5.10. The SMILES string of the molecule is CC(C)(C)S(=O)c1ccc2c(c1-c1c(S(=O)C(C)(C)C)ccc3c1OCCO3)OCCO2. The van der Waals surface area contributed by atoms with Crippen molar-refractivity contribution >= 4 is 21.6 Å². The Balaban J connectivity index is 2.11. The lowest BCUT2D eigenvalue weighted by atomic mass is 10.0. The molecule has 0 radical (unpaired) electrons. The summed E-state index contributed by atoms with van der Waals surface area (Å²) in [6.07, 6.45) is 0. The number of benzene rings is 2. The molecule has 2 aliphatic heterocycles. The molecule has 174 valence electrons. The van der Waals surface area contributed by atoms with Gasteiger partial charge >= 0.3 is 0 Å². The van der Waals surface area contributed by atoms with E-state index in [2.05, 4.69) is 0 Å². The Kier molecular flexibility index (Phi) is 6.05. The standard InChI is InChI=1S/C24H30O6S2/c1-23(2,3)31(25)17-9-7-15-21(29-13-11-27-15)19(17)20-18(32(26)24(4,5)6)10-8-16-22(20)30-14-12-28-16/h7-10H,11-14H2,1-6H3. The van der Waals surface area contributed by atoms with Gasteiger partial charge in [-0.05, 0) is 65.8 Å². The molecule has 6 nitrogen and oxygen atoms in total. The molecule has 32 heavy (non-hydrogen) atoms. The van der Waals surface area contributed by atoms with Crippen LogP contribution >= 0.6 is 0 Å². The van der Waals surface area contributed by atoms with Crippen molar-refractivity contribution < 1.29 is 27.4 Å². The van der Waals surface area contributed by atoms with Gasteiger partial charge in [0, 0.05) is 20.6 Å². The molecule has 0 aliphatic carbocycles. The van der Waals surface area contributed by atoms with Gasteiger partial charge in [-0.2, -0.15) is 0 Å². The van der Waals surface area contributed by atoms with Crippen molar-refractivity contribution in [3.63, 3.8) is 0 Å². The second kappa shape index (κ2) is 8.37. The average molecular weight is 479 g/mol. The fourth-order valence-corrected chi connectivity index (χ4v) is 6.10. The summed E-state index contributed by atoms with van der Waals surface area (Å²) in [5.41, 5.74) is 1.20. The second-order valence-corrected chi connectivity index (χ2v) is 14.1. The fourth-order valence-electron chi connectivity index (χ4n) is 3.64. The first-order valence-electron chi connectivity index (χ1n) is 10.7. The van der Waals surface area contributed by atoms with E-state index in [1.807, 2.05) is 53.7 Å². The van der Waals surface area contributed by atoms with Crippen molar-refractivity contribution in [3.05, 3.63) is 24.3 Å². The summed E-state index contributed by atoms with van der Waals surface area (Å²) in [6.45, 7) is 13.2. The van der Waals surface area contributed by atoms with E-state index < -0.39 is 31.1 Å². The summed E-state index contributed by atoms with van der Waals surface area (Å²) in [7, 11) is -2.77. The summed E-state index contributed by atoms with van der Waals surface area (Å²) in [5.74, 6) is 2.15. The number of fused-ring (bicyclic) bond motifs is 2. The first-order valence-corrected chi connectivity index (χ1v) is 13.0. The van der Waals surface area contributed by atoms with Crippen LogP contribution in [0.25, 0.3) is 11.1 Å². The Morgan fingerprint density at radius 2 is 0.938 bits per heavy atom. The summed E-state index contributed by atoms with van der Waals surface area (Å²) in [4.78, 5) is 1.19. The van der Waals surface area contributed by atoms with E-state index in [1.54, 1.807) is 12.1 Å². The van der Waals surface area contributed by atoms with Crippen molar-refractivity contribution in [1.29, 1.82) is 0 Å². The smallest absolute Gasteiger partial charge is 0.170 e. The Bertz CT molecular complexity index is 1010. The third-order valence-corrected chi connectivity index (χ3v) is 8.81. The lowest BCUT2D eigenvalue weighted by Crippen LogP contribution is -2.25. The van der Waals surface area contributed by atoms with Crippen LogP contribution in [0, 0.1) is 0 Å². The van der Waals surface area contributed by atoms with Crippen LogP contribution in [0.15, 0.2) is 34.1 Å². The number of hydrogen-bond donors (Lipinski definition) is 0. The van der Waals surface area contributed by atoms with Gasteiger partial charge in [0.25, 0.3) is 0 Å². The molecule has 2 aliphatic rings. The number of hydrogen-bond acceptors (Lipinski definition) is 6. The highest BCUT2D eigenvalue weighted by Gasteiger charge is 2.35. The quantitative estimate of drug-likeness (QED) is 0.636. The van der Waals surface area contributed by atoms with Gasteiger partial charge in [-0.1, -0.05) is 0 Å². The highest BCUT2D eigenvalue weighted by atomic mass is 32.2. The van der Waals surface area contributed by atoms with Crippen LogP contribution in [0.1, 0.15) is 41.5 Å². The first-order chi connectivity index (χ1) is 15.0. The molecular weight excluding hydrogens is 448 g/mol. The monoisotopic (exact) mass is 478 g/mol. The minimum absolute atomic E-state index is 0.371. The van der Waals surface area contributed by atoms with Gasteiger partial charge in [0.2, 0.25) is 0 Å². The maximum absolute atomic E-state index is 13.7. The van der Waals surface area contributed by atoms with Crippen molar-refractivity contribution in [1.82, 2.24) is 0 Å². The molecule has 0 N–H and O–H groups in total. The molecule has 0 aromatic heterocycles. The van der Waals surface area contributed by atoms with E-state index >= 15 is 0 Å². The Labute approximate surface area is 194 Å². The summed E-state index contributed by atoms with van der Waals surface area (Å²) in [5, 5.41) is 0. The average Bonchev–Trinajstić information content (AvgIpc) is 2.75. The van der Waals surface area contributed by atoms with E-state index in [0.717, 1.165) is 0 Å². The van der Waals surface area contributed by atoms with Gasteiger partial charge in [0.1, 0.15) is 26.4 Å². The maximum Gasteiger partial charge on any atom is 0.170 e. The van der Waals surface area contributed by atoms with E-state index in [9.17, 15) is 8.42 Å². The molecule has 2 unspecified atom stereocenters. The van der Waals surface area contributed by atoms with Gasteiger partial charge in [0.15, 0.2) is 23.0 Å². The molecule has 2 aromatic carbocycles. The van der Waals surface area contributed by atoms with Crippen LogP contribution in [0.5, 0.6) is 23.0 Å². The van der Waals surface area contributed by atoms with E-state index in [4.69, 9.17) is 18.9 Å². The molecule has 0 spiro atoms. The predicted octanol–water partition coefficient (Wildman–Crippen LogP) is 4.71. The van der Waals surface area contributed by atoms with Crippen molar-refractivity contribution in [2.24, 2.45) is 0 Å². The van der Waals surface area contributed by atoms with Crippen LogP contribution in [-0.4, -0.2) is 44.3 Å². The van der Waals surface area contributed by atoms with E-state index in [-0.39, 0.29) is 0 Å². The van der Waals surface area contributed by atoms with E-state index in [1.165, 1.54) is 0 Å². The van der Waals surface area contributed by atoms with Gasteiger partial charge in [0.05, 0.1) is 31.4 Å². The van der Waals surface area contributed by atoms with Gasteiger partial charge < -0.3 is 18.9 Å². The fraction of sp³-hybridized carbons (Fsp3) is 0.500. The van der Waals surface area contributed by atoms with Crippen molar-refractivity contribution in [3.8, 4) is 34.1 Å². The molecule has 2 aromatic rings. The highest BCUT2D eigenvalue weighted by molar-refractivity contribution is 7.87. The zero-order valence-corrected chi connectivity index (χ0v) is 21.0. The van der Waals surface area contributed by atoms with Crippen molar-refractivity contribution in [2.75, 3.05) is 26.4 Å². The number of rotatable bonds is 3. The molecule has 0 amide bonds. The zero-order chi connectivity index (χ0) is 23.3. The van der Waals surface area contributed by atoms with Gasteiger partial charge in [-0.25, -0.2) is 0 Å². The number of ether oxygens (including phenoxy) is 4. The first kappa shape index (κ1) is 23.1. The molecule has 0 fully saturated rings. The topological polar surface area (TPSA) is 71.1 Å². The Morgan fingerprint density at radius 3 is 1.28 bits per heavy atom. The molecule has 0 saturated heterocycles. The van der Waals surface area contributed by atoms with Gasteiger partial charge in [-0.15, -0.1) is 0 Å². The highest BCUT2D eigenvalue weighted by Crippen LogP contribution is 2.53. The summed E-state index contributed by atoms with van der Waals surface area (Å²) >= 11 is 0. The lowest BCUT2D eigenvalue weighted by Gasteiger charge is -2.30. The van der Waals surface area contributed by atoms with Crippen LogP contribution in [-0.2, 0) is 21.6 Å². The largest absolute Gasteiger partial charge is 0.486 e. The molecule has 2 heterocycles. The van der Waals surface area contributed by atoms with Crippen molar-refractivity contribution in [2.45, 2.75) is 60.8 Å². The molecule has 0 saturated carbocycles. The Hall–Kier alpha value is -2.06.